The molecule has 0 amide bonds. The molecule has 0 saturated carbocycles. The lowest BCUT2D eigenvalue weighted by Gasteiger charge is -2.14. The van der Waals surface area contributed by atoms with E-state index in [1.165, 1.54) is 0 Å². The standard InChI is InChI=1S/C7HCl2F3O2/c8-2-1-3(13)4(7(10,11)12)5(9)6(2)14/h1H. The Balaban J connectivity index is 3.31. The molecule has 2 nitrogen and oxygen atoms in total. The molecule has 0 N–H and O–H groups in total. The molecule has 0 aromatic rings. The Morgan fingerprint density at radius 3 is 2.07 bits per heavy atom. The molecule has 1 aliphatic carbocycles. The largest absolute Gasteiger partial charge is 0.421 e. The Bertz CT molecular complexity index is 379. The Hall–Kier alpha value is -0.810. The van der Waals surface area contributed by atoms with Gasteiger partial charge in [-0.2, -0.15) is 13.2 Å². The fraction of sp³-hybridized carbons (Fsp3) is 0.143. The maximum atomic E-state index is 12.2. The fourth-order valence-electron chi connectivity index (χ4n) is 0.843. The van der Waals surface area contributed by atoms with Crippen molar-refractivity contribution in [1.82, 2.24) is 0 Å². The van der Waals surface area contributed by atoms with Crippen molar-refractivity contribution in [3.63, 3.8) is 0 Å². The highest BCUT2D eigenvalue weighted by atomic mass is 35.5. The molecule has 0 aromatic heterocycles. The molecule has 0 heterocycles. The highest BCUT2D eigenvalue weighted by molar-refractivity contribution is 6.58. The van der Waals surface area contributed by atoms with Crippen molar-refractivity contribution in [2.45, 2.75) is 6.18 Å². The third-order valence-electron chi connectivity index (χ3n) is 1.42. The Morgan fingerprint density at radius 1 is 1.14 bits per heavy atom. The van der Waals surface area contributed by atoms with Gasteiger partial charge < -0.3 is 0 Å². The summed E-state index contributed by atoms with van der Waals surface area (Å²) in [5.74, 6) is -2.60. The van der Waals surface area contributed by atoms with Crippen LogP contribution in [-0.2, 0) is 9.59 Å². The maximum Gasteiger partial charge on any atom is 0.421 e. The third kappa shape index (κ3) is 1.83. The second kappa shape index (κ2) is 3.40. The number of ketones is 2. The van der Waals surface area contributed by atoms with E-state index in [1.807, 2.05) is 0 Å². The Labute approximate surface area is 86.0 Å². The highest BCUT2D eigenvalue weighted by Crippen LogP contribution is 2.35. The van der Waals surface area contributed by atoms with Crippen LogP contribution < -0.4 is 0 Å². The fourth-order valence-corrected chi connectivity index (χ4v) is 1.39. The molecule has 0 unspecified atom stereocenters. The monoisotopic (exact) mass is 244 g/mol. The highest BCUT2D eigenvalue weighted by Gasteiger charge is 2.44. The van der Waals surface area contributed by atoms with Crippen LogP contribution in [0.3, 0.4) is 0 Å². The van der Waals surface area contributed by atoms with Crippen LogP contribution in [0.4, 0.5) is 13.2 Å². The number of Topliss-reactive ketones (excluding diaryl/α,β-unsaturated/α-hetero) is 1. The SMILES string of the molecule is O=C1C=C(Cl)C(=O)C(Cl)=C1C(F)(F)F. The number of hydrogen-bond donors (Lipinski definition) is 0. The van der Waals surface area contributed by atoms with Crippen LogP contribution in [0, 0.1) is 0 Å². The topological polar surface area (TPSA) is 34.1 Å². The lowest BCUT2D eigenvalue weighted by atomic mass is 10.0. The van der Waals surface area contributed by atoms with E-state index in [2.05, 4.69) is 0 Å². The van der Waals surface area contributed by atoms with E-state index in [1.54, 1.807) is 0 Å². The van der Waals surface area contributed by atoms with Crippen molar-refractivity contribution in [3.8, 4) is 0 Å². The Kier molecular flexibility index (Phi) is 2.74. The van der Waals surface area contributed by atoms with Gasteiger partial charge in [-0.05, 0) is 0 Å². The smallest absolute Gasteiger partial charge is 0.289 e. The molecule has 1 rings (SSSR count). The van der Waals surface area contributed by atoms with Crippen molar-refractivity contribution in [1.29, 1.82) is 0 Å². The second-order valence-electron chi connectivity index (χ2n) is 2.37. The van der Waals surface area contributed by atoms with Crippen LogP contribution in [0.2, 0.25) is 0 Å². The van der Waals surface area contributed by atoms with Crippen molar-refractivity contribution >= 4 is 34.8 Å². The van der Waals surface area contributed by atoms with E-state index in [4.69, 9.17) is 23.2 Å². The lowest BCUT2D eigenvalue weighted by Crippen LogP contribution is -2.25. The minimum Gasteiger partial charge on any atom is -0.289 e. The first-order valence-electron chi connectivity index (χ1n) is 3.18. The van der Waals surface area contributed by atoms with Gasteiger partial charge in [0.15, 0.2) is 5.78 Å². The zero-order valence-corrected chi connectivity index (χ0v) is 7.80. The first-order chi connectivity index (χ1) is 6.25. The summed E-state index contributed by atoms with van der Waals surface area (Å²) in [7, 11) is 0. The first-order valence-corrected chi connectivity index (χ1v) is 3.94. The van der Waals surface area contributed by atoms with Gasteiger partial charge in [0.1, 0.15) is 10.6 Å². The lowest BCUT2D eigenvalue weighted by molar-refractivity contribution is -0.127. The molecular weight excluding hydrogens is 244 g/mol. The van der Waals surface area contributed by atoms with Gasteiger partial charge in [-0.25, -0.2) is 0 Å². The molecule has 0 radical (unpaired) electrons. The quantitative estimate of drug-likeness (QED) is 0.613. The van der Waals surface area contributed by atoms with E-state index in [0.717, 1.165) is 0 Å². The summed E-state index contributed by atoms with van der Waals surface area (Å²) in [5.41, 5.74) is -1.67. The summed E-state index contributed by atoms with van der Waals surface area (Å²) in [6.45, 7) is 0. The average Bonchev–Trinajstić information content (AvgIpc) is 1.97. The second-order valence-corrected chi connectivity index (χ2v) is 3.16. The van der Waals surface area contributed by atoms with Gasteiger partial charge in [-0.15, -0.1) is 0 Å². The number of allylic oxidation sites excluding steroid dienone is 4. The van der Waals surface area contributed by atoms with Crippen molar-refractivity contribution in [3.05, 3.63) is 21.7 Å². The molecule has 0 atom stereocenters. The summed E-state index contributed by atoms with van der Waals surface area (Å²) in [6.07, 6.45) is -4.55. The Morgan fingerprint density at radius 2 is 1.64 bits per heavy atom. The van der Waals surface area contributed by atoms with Gasteiger partial charge in [0.2, 0.25) is 5.78 Å². The molecule has 1 aliphatic rings. The van der Waals surface area contributed by atoms with Crippen LogP contribution in [0.1, 0.15) is 0 Å². The number of carbonyl (C=O) groups is 2. The van der Waals surface area contributed by atoms with Gasteiger partial charge in [-0.1, -0.05) is 23.2 Å². The summed E-state index contributed by atoms with van der Waals surface area (Å²) >= 11 is 10.2. The molecular formula is C7HCl2F3O2. The molecule has 0 spiro atoms. The summed E-state index contributed by atoms with van der Waals surface area (Å²) in [6, 6.07) is 0. The zero-order valence-electron chi connectivity index (χ0n) is 6.28. The molecule has 0 aliphatic heterocycles. The predicted molar refractivity (Wildman–Crippen MR) is 42.9 cm³/mol. The maximum absolute atomic E-state index is 12.2. The van der Waals surface area contributed by atoms with E-state index in [0.29, 0.717) is 6.08 Å². The number of halogens is 5. The number of hydrogen-bond acceptors (Lipinski definition) is 2. The number of rotatable bonds is 0. The van der Waals surface area contributed by atoms with Crippen LogP contribution in [0.15, 0.2) is 21.7 Å². The van der Waals surface area contributed by atoms with Crippen molar-refractivity contribution < 1.29 is 22.8 Å². The minimum atomic E-state index is -4.95. The van der Waals surface area contributed by atoms with E-state index < -0.39 is 33.4 Å². The molecule has 0 fully saturated rings. The summed E-state index contributed by atoms with van der Waals surface area (Å²) in [5, 5.41) is -1.80. The molecule has 0 saturated heterocycles. The molecule has 7 heteroatoms. The molecule has 0 aromatic carbocycles. The normalized spacial score (nSPS) is 18.8. The van der Waals surface area contributed by atoms with Crippen LogP contribution in [0.25, 0.3) is 0 Å². The third-order valence-corrected chi connectivity index (χ3v) is 2.06. The van der Waals surface area contributed by atoms with Crippen LogP contribution in [-0.4, -0.2) is 17.7 Å². The van der Waals surface area contributed by atoms with Gasteiger partial charge >= 0.3 is 6.18 Å². The van der Waals surface area contributed by atoms with Crippen molar-refractivity contribution in [2.75, 3.05) is 0 Å². The van der Waals surface area contributed by atoms with Gasteiger partial charge in [0.25, 0.3) is 0 Å². The summed E-state index contributed by atoms with van der Waals surface area (Å²) in [4.78, 5) is 21.7. The summed E-state index contributed by atoms with van der Waals surface area (Å²) < 4.78 is 36.5. The van der Waals surface area contributed by atoms with Crippen molar-refractivity contribution in [2.24, 2.45) is 0 Å². The van der Waals surface area contributed by atoms with E-state index in [9.17, 15) is 22.8 Å². The van der Waals surface area contributed by atoms with Crippen LogP contribution in [0.5, 0.6) is 0 Å². The predicted octanol–water partition coefficient (Wildman–Crippen LogP) is 2.32. The van der Waals surface area contributed by atoms with Gasteiger partial charge in [0.05, 0.1) is 5.03 Å². The number of alkyl halides is 3. The molecule has 14 heavy (non-hydrogen) atoms. The van der Waals surface area contributed by atoms with Crippen LogP contribution >= 0.6 is 23.2 Å². The first kappa shape index (κ1) is 11.3. The van der Waals surface area contributed by atoms with Gasteiger partial charge in [-0.3, -0.25) is 9.59 Å². The zero-order chi connectivity index (χ0) is 11.1. The average molecular weight is 245 g/mol. The minimum absolute atomic E-state index is 0.401. The molecule has 0 bridgehead atoms. The van der Waals surface area contributed by atoms with Gasteiger partial charge in [0, 0.05) is 6.08 Å². The van der Waals surface area contributed by atoms with E-state index >= 15 is 0 Å². The number of carbonyl (C=O) groups excluding carboxylic acids is 2. The van der Waals surface area contributed by atoms with E-state index in [-0.39, 0.29) is 0 Å². The molecule has 76 valence electrons.